The number of amides is 1. The molecule has 1 heterocycles. The number of nitrogens with two attached hydrogens (primary N) is 2. The smallest absolute Gasteiger partial charge is 0.240 e. The van der Waals surface area contributed by atoms with E-state index in [1.807, 2.05) is 13.8 Å². The summed E-state index contributed by atoms with van der Waals surface area (Å²) in [5.41, 5.74) is 11.5. The first-order chi connectivity index (χ1) is 7.00. The highest BCUT2D eigenvalue weighted by molar-refractivity contribution is 5.83. The van der Waals surface area contributed by atoms with Crippen molar-refractivity contribution in [2.75, 3.05) is 11.1 Å². The molecule has 1 aromatic rings. The predicted molar refractivity (Wildman–Crippen MR) is 60.1 cm³/mol. The number of carbonyl (C=O) groups is 1. The Morgan fingerprint density at radius 2 is 2.13 bits per heavy atom. The Kier molecular flexibility index (Phi) is 3.49. The molecule has 0 saturated heterocycles. The van der Waals surface area contributed by atoms with Crippen LogP contribution in [0.3, 0.4) is 0 Å². The van der Waals surface area contributed by atoms with Crippen molar-refractivity contribution in [2.24, 2.45) is 11.7 Å². The second-order valence-corrected chi connectivity index (χ2v) is 3.74. The SMILES string of the molecule is CC(C)C(Nc1ccc(N)nc1)C(N)=O. The monoisotopic (exact) mass is 208 g/mol. The van der Waals surface area contributed by atoms with Gasteiger partial charge in [-0.3, -0.25) is 4.79 Å². The van der Waals surface area contributed by atoms with Crippen LogP contribution in [0.25, 0.3) is 0 Å². The van der Waals surface area contributed by atoms with Gasteiger partial charge in [0.2, 0.25) is 5.91 Å². The number of pyridine rings is 1. The van der Waals surface area contributed by atoms with Crippen molar-refractivity contribution in [2.45, 2.75) is 19.9 Å². The Bertz CT molecular complexity index is 334. The van der Waals surface area contributed by atoms with Gasteiger partial charge in [-0.05, 0) is 18.1 Å². The molecule has 0 aromatic carbocycles. The Hall–Kier alpha value is -1.78. The van der Waals surface area contributed by atoms with Crippen molar-refractivity contribution >= 4 is 17.4 Å². The normalized spacial score (nSPS) is 12.5. The van der Waals surface area contributed by atoms with E-state index < -0.39 is 6.04 Å². The molecule has 0 spiro atoms. The third-order valence-corrected chi connectivity index (χ3v) is 2.08. The van der Waals surface area contributed by atoms with Crippen molar-refractivity contribution in [3.8, 4) is 0 Å². The first-order valence-corrected chi connectivity index (χ1v) is 4.78. The van der Waals surface area contributed by atoms with Crippen LogP contribution < -0.4 is 16.8 Å². The highest BCUT2D eigenvalue weighted by Crippen LogP contribution is 2.12. The Labute approximate surface area is 88.9 Å². The van der Waals surface area contributed by atoms with Crippen molar-refractivity contribution in [1.29, 1.82) is 0 Å². The van der Waals surface area contributed by atoms with E-state index in [1.54, 1.807) is 18.3 Å². The first-order valence-electron chi connectivity index (χ1n) is 4.78. The number of hydrogen-bond donors (Lipinski definition) is 3. The number of carbonyl (C=O) groups excluding carboxylic acids is 1. The van der Waals surface area contributed by atoms with Crippen LogP contribution in [0.1, 0.15) is 13.8 Å². The van der Waals surface area contributed by atoms with Crippen LogP contribution in [-0.4, -0.2) is 16.9 Å². The summed E-state index contributed by atoms with van der Waals surface area (Å²) in [5, 5.41) is 3.01. The molecule has 5 N–H and O–H groups in total. The highest BCUT2D eigenvalue weighted by atomic mass is 16.1. The molecule has 0 bridgehead atoms. The van der Waals surface area contributed by atoms with Gasteiger partial charge >= 0.3 is 0 Å². The summed E-state index contributed by atoms with van der Waals surface area (Å²) in [6, 6.07) is 3.04. The third kappa shape index (κ3) is 3.12. The van der Waals surface area contributed by atoms with E-state index >= 15 is 0 Å². The number of hydrogen-bond acceptors (Lipinski definition) is 4. The molecule has 1 atom stereocenters. The second kappa shape index (κ2) is 4.63. The molecule has 0 fully saturated rings. The third-order valence-electron chi connectivity index (χ3n) is 2.08. The maximum absolute atomic E-state index is 11.1. The van der Waals surface area contributed by atoms with E-state index in [1.165, 1.54) is 0 Å². The first kappa shape index (κ1) is 11.3. The van der Waals surface area contributed by atoms with E-state index in [2.05, 4.69) is 10.3 Å². The fourth-order valence-electron chi connectivity index (χ4n) is 1.24. The van der Waals surface area contributed by atoms with E-state index in [0.717, 1.165) is 5.69 Å². The van der Waals surface area contributed by atoms with Gasteiger partial charge in [-0.25, -0.2) is 4.98 Å². The lowest BCUT2D eigenvalue weighted by Gasteiger charge is -2.19. The minimum atomic E-state index is -0.393. The van der Waals surface area contributed by atoms with Crippen LogP contribution in [0.2, 0.25) is 0 Å². The van der Waals surface area contributed by atoms with Crippen LogP contribution in [0.4, 0.5) is 11.5 Å². The Morgan fingerprint density at radius 3 is 2.53 bits per heavy atom. The summed E-state index contributed by atoms with van der Waals surface area (Å²) in [5.74, 6) is 0.197. The number of rotatable bonds is 4. The van der Waals surface area contributed by atoms with Gasteiger partial charge in [0.15, 0.2) is 0 Å². The maximum Gasteiger partial charge on any atom is 0.240 e. The topological polar surface area (TPSA) is 94.0 Å². The summed E-state index contributed by atoms with van der Waals surface area (Å²) in [6.07, 6.45) is 1.58. The Morgan fingerprint density at radius 1 is 1.47 bits per heavy atom. The number of primary amides is 1. The summed E-state index contributed by atoms with van der Waals surface area (Å²) >= 11 is 0. The number of nitrogens with zero attached hydrogens (tertiary/aromatic N) is 1. The molecule has 1 amide bonds. The van der Waals surface area contributed by atoms with Crippen LogP contribution >= 0.6 is 0 Å². The van der Waals surface area contributed by atoms with Gasteiger partial charge in [-0.15, -0.1) is 0 Å². The van der Waals surface area contributed by atoms with Gasteiger partial charge in [-0.1, -0.05) is 13.8 Å². The van der Waals surface area contributed by atoms with E-state index in [-0.39, 0.29) is 11.8 Å². The van der Waals surface area contributed by atoms with Gasteiger partial charge in [-0.2, -0.15) is 0 Å². The minimum absolute atomic E-state index is 0.125. The molecule has 5 heteroatoms. The van der Waals surface area contributed by atoms with Gasteiger partial charge < -0.3 is 16.8 Å². The van der Waals surface area contributed by atoms with Crippen LogP contribution in [0, 0.1) is 5.92 Å². The van der Waals surface area contributed by atoms with Crippen molar-refractivity contribution in [3.05, 3.63) is 18.3 Å². The molecule has 0 saturated carbocycles. The molecule has 5 nitrogen and oxygen atoms in total. The van der Waals surface area contributed by atoms with Gasteiger partial charge in [0.05, 0.1) is 11.9 Å². The van der Waals surface area contributed by atoms with Crippen LogP contribution in [-0.2, 0) is 4.79 Å². The lowest BCUT2D eigenvalue weighted by molar-refractivity contribution is -0.119. The highest BCUT2D eigenvalue weighted by Gasteiger charge is 2.18. The summed E-state index contributed by atoms with van der Waals surface area (Å²) in [4.78, 5) is 15.0. The van der Waals surface area contributed by atoms with Crippen molar-refractivity contribution in [1.82, 2.24) is 4.98 Å². The zero-order chi connectivity index (χ0) is 11.4. The zero-order valence-corrected chi connectivity index (χ0v) is 8.90. The lowest BCUT2D eigenvalue weighted by Crippen LogP contribution is -2.39. The van der Waals surface area contributed by atoms with E-state index in [9.17, 15) is 4.79 Å². The summed E-state index contributed by atoms with van der Waals surface area (Å²) < 4.78 is 0. The van der Waals surface area contributed by atoms with E-state index in [0.29, 0.717) is 5.82 Å². The zero-order valence-electron chi connectivity index (χ0n) is 8.90. The molecular formula is C10H16N4O. The molecule has 82 valence electrons. The molecule has 1 aromatic heterocycles. The molecule has 0 aliphatic heterocycles. The average Bonchev–Trinajstić information content (AvgIpc) is 2.15. The number of anilines is 2. The minimum Gasteiger partial charge on any atom is -0.384 e. The molecule has 0 aliphatic rings. The fourth-order valence-corrected chi connectivity index (χ4v) is 1.24. The Balaban J connectivity index is 2.74. The number of nitrogens with one attached hydrogen (secondary N) is 1. The summed E-state index contributed by atoms with van der Waals surface area (Å²) in [7, 11) is 0. The molecule has 0 aliphatic carbocycles. The van der Waals surface area contributed by atoms with Gasteiger partial charge in [0.25, 0.3) is 0 Å². The second-order valence-electron chi connectivity index (χ2n) is 3.74. The van der Waals surface area contributed by atoms with Crippen LogP contribution in [0.15, 0.2) is 18.3 Å². The number of aromatic nitrogens is 1. The molecule has 15 heavy (non-hydrogen) atoms. The standard InChI is InChI=1S/C10H16N4O/c1-6(2)9(10(12)15)14-7-3-4-8(11)13-5-7/h3-6,9,14H,1-2H3,(H2,11,13)(H2,12,15). The maximum atomic E-state index is 11.1. The van der Waals surface area contributed by atoms with Crippen molar-refractivity contribution < 1.29 is 4.79 Å². The molecule has 0 radical (unpaired) electrons. The van der Waals surface area contributed by atoms with Crippen LogP contribution in [0.5, 0.6) is 0 Å². The predicted octanol–water partition coefficient (Wildman–Crippen LogP) is 0.586. The average molecular weight is 208 g/mol. The van der Waals surface area contributed by atoms with E-state index in [4.69, 9.17) is 11.5 Å². The lowest BCUT2D eigenvalue weighted by atomic mass is 10.0. The molecule has 1 rings (SSSR count). The molecular weight excluding hydrogens is 192 g/mol. The number of nitrogen functional groups attached to an aromatic ring is 1. The van der Waals surface area contributed by atoms with Crippen molar-refractivity contribution in [3.63, 3.8) is 0 Å². The quantitative estimate of drug-likeness (QED) is 0.674. The van der Waals surface area contributed by atoms with Gasteiger partial charge in [0, 0.05) is 0 Å². The molecule has 1 unspecified atom stereocenters. The summed E-state index contributed by atoms with van der Waals surface area (Å²) in [6.45, 7) is 3.85. The van der Waals surface area contributed by atoms with Gasteiger partial charge in [0.1, 0.15) is 11.9 Å². The largest absolute Gasteiger partial charge is 0.384 e. The fraction of sp³-hybridized carbons (Fsp3) is 0.400.